The van der Waals surface area contributed by atoms with Crippen LogP contribution in [0.2, 0.25) is 0 Å². The summed E-state index contributed by atoms with van der Waals surface area (Å²) in [6.45, 7) is 0.828. The number of aromatic amines is 1. The van der Waals surface area contributed by atoms with Gasteiger partial charge in [0.25, 0.3) is 0 Å². The number of nitrogens with zero attached hydrogens (tertiary/aromatic N) is 4. The van der Waals surface area contributed by atoms with E-state index in [-0.39, 0.29) is 5.88 Å². The van der Waals surface area contributed by atoms with Gasteiger partial charge in [0.2, 0.25) is 0 Å². The molecule has 0 aliphatic heterocycles. The molecule has 0 aliphatic rings. The van der Waals surface area contributed by atoms with Crippen molar-refractivity contribution < 1.29 is 14.6 Å². The van der Waals surface area contributed by atoms with Crippen LogP contribution in [-0.4, -0.2) is 58.1 Å². The van der Waals surface area contributed by atoms with Gasteiger partial charge >= 0.3 is 5.97 Å². The summed E-state index contributed by atoms with van der Waals surface area (Å²) in [6, 6.07) is 19.0. The normalized spacial score (nSPS) is 11.9. The molecule has 0 bridgehead atoms. The molecule has 0 spiro atoms. The molecule has 5 aromatic rings. The average molecular weight is 480 g/mol. The fourth-order valence-corrected chi connectivity index (χ4v) is 4.25. The van der Waals surface area contributed by atoms with Crippen molar-refractivity contribution in [2.24, 2.45) is 4.99 Å². The van der Waals surface area contributed by atoms with E-state index in [2.05, 4.69) is 20.1 Å². The Hall–Kier alpha value is -4.56. The highest BCUT2D eigenvalue weighted by atomic mass is 16.5. The largest absolute Gasteiger partial charge is 0.494 e. The van der Waals surface area contributed by atoms with Gasteiger partial charge in [0.15, 0.2) is 5.88 Å². The SMILES string of the molecule is COC(=O)c1ccc2c(C(=Nc3ccc(CN(C)C)cc3)c3ccc4cnncc4c3)c(O)[nH]c2c1. The van der Waals surface area contributed by atoms with E-state index in [4.69, 9.17) is 9.73 Å². The maximum atomic E-state index is 12.0. The van der Waals surface area contributed by atoms with E-state index in [1.165, 1.54) is 12.7 Å². The number of rotatable bonds is 6. The van der Waals surface area contributed by atoms with Gasteiger partial charge in [-0.1, -0.05) is 30.3 Å². The molecule has 5 rings (SSSR count). The number of ether oxygens (including phenoxy) is 1. The molecule has 2 aromatic heterocycles. The van der Waals surface area contributed by atoms with Crippen LogP contribution < -0.4 is 0 Å². The zero-order chi connectivity index (χ0) is 25.2. The van der Waals surface area contributed by atoms with Gasteiger partial charge in [-0.3, -0.25) is 0 Å². The number of H-pyrrole nitrogens is 1. The van der Waals surface area contributed by atoms with E-state index < -0.39 is 5.97 Å². The predicted molar refractivity (Wildman–Crippen MR) is 140 cm³/mol. The Bertz CT molecular complexity index is 1600. The number of carbonyl (C=O) groups is 1. The second-order valence-corrected chi connectivity index (χ2v) is 8.80. The fourth-order valence-electron chi connectivity index (χ4n) is 4.25. The number of hydrogen-bond acceptors (Lipinski definition) is 7. The zero-order valence-corrected chi connectivity index (χ0v) is 20.2. The monoisotopic (exact) mass is 479 g/mol. The number of nitrogens with one attached hydrogen (secondary N) is 1. The molecule has 0 amide bonds. The number of carbonyl (C=O) groups excluding carboxylic acids is 1. The topological polar surface area (TPSA) is 104 Å². The molecule has 8 heteroatoms. The average Bonchev–Trinajstić information content (AvgIpc) is 3.21. The van der Waals surface area contributed by atoms with Gasteiger partial charge in [-0.2, -0.15) is 10.2 Å². The Balaban J connectivity index is 1.69. The number of methoxy groups -OCH3 is 1. The lowest BCUT2D eigenvalue weighted by Gasteiger charge is -2.11. The van der Waals surface area contributed by atoms with Crippen molar-refractivity contribution in [3.05, 3.63) is 95.3 Å². The molecule has 2 heterocycles. The Morgan fingerprint density at radius 1 is 0.972 bits per heavy atom. The van der Waals surface area contributed by atoms with Crippen molar-refractivity contribution in [3.63, 3.8) is 0 Å². The number of aromatic hydroxyl groups is 1. The highest BCUT2D eigenvalue weighted by molar-refractivity contribution is 6.22. The van der Waals surface area contributed by atoms with Gasteiger partial charge < -0.3 is 19.7 Å². The van der Waals surface area contributed by atoms with Crippen molar-refractivity contribution in [1.82, 2.24) is 20.1 Å². The number of esters is 1. The van der Waals surface area contributed by atoms with Crippen LogP contribution in [0, 0.1) is 0 Å². The molecule has 0 saturated carbocycles. The quantitative estimate of drug-likeness (QED) is 0.267. The van der Waals surface area contributed by atoms with Crippen LogP contribution in [0.3, 0.4) is 0 Å². The predicted octanol–water partition coefficient (Wildman–Crippen LogP) is 4.83. The maximum Gasteiger partial charge on any atom is 0.337 e. The molecule has 0 radical (unpaired) electrons. The van der Waals surface area contributed by atoms with Crippen molar-refractivity contribution in [3.8, 4) is 5.88 Å². The standard InChI is InChI=1S/C28H25N5O3/c1-33(2)16-17-4-9-22(10-5-17)31-26(18-6-7-20-14-29-30-15-21(20)12-18)25-23-11-8-19(28(35)36-3)13-24(23)32-27(25)34/h4-15,32,34H,16H2,1-3H3. The Labute approximate surface area is 207 Å². The molecule has 2 N–H and O–H groups in total. The summed E-state index contributed by atoms with van der Waals surface area (Å²) in [4.78, 5) is 22.1. The van der Waals surface area contributed by atoms with Crippen LogP contribution in [0.1, 0.15) is 27.0 Å². The number of fused-ring (bicyclic) bond motifs is 2. The molecule has 3 aromatic carbocycles. The van der Waals surface area contributed by atoms with Crippen LogP contribution in [0.4, 0.5) is 5.69 Å². The first-order valence-corrected chi connectivity index (χ1v) is 11.4. The summed E-state index contributed by atoms with van der Waals surface area (Å²) in [6.07, 6.45) is 3.40. The molecule has 36 heavy (non-hydrogen) atoms. The molecule has 0 atom stereocenters. The Morgan fingerprint density at radius 2 is 1.69 bits per heavy atom. The van der Waals surface area contributed by atoms with Gasteiger partial charge in [0.1, 0.15) is 0 Å². The Morgan fingerprint density at radius 3 is 2.42 bits per heavy atom. The molecular formula is C28H25N5O3. The Kier molecular flexibility index (Phi) is 6.18. The van der Waals surface area contributed by atoms with Gasteiger partial charge in [-0.25, -0.2) is 9.79 Å². The smallest absolute Gasteiger partial charge is 0.337 e. The molecule has 0 aliphatic carbocycles. The van der Waals surface area contributed by atoms with E-state index in [0.717, 1.165) is 34.0 Å². The first-order chi connectivity index (χ1) is 17.4. The number of aliphatic imine (C=N–C) groups is 1. The minimum Gasteiger partial charge on any atom is -0.494 e. The summed E-state index contributed by atoms with van der Waals surface area (Å²) in [5, 5.41) is 21.6. The molecular weight excluding hydrogens is 454 g/mol. The van der Waals surface area contributed by atoms with Crippen LogP contribution in [0.5, 0.6) is 5.88 Å². The van der Waals surface area contributed by atoms with Crippen molar-refractivity contribution in [2.45, 2.75) is 6.54 Å². The van der Waals surface area contributed by atoms with Crippen LogP contribution >= 0.6 is 0 Å². The van der Waals surface area contributed by atoms with E-state index >= 15 is 0 Å². The van der Waals surface area contributed by atoms with Gasteiger partial charge in [-0.05, 0) is 50.0 Å². The van der Waals surface area contributed by atoms with Gasteiger partial charge in [0, 0.05) is 33.8 Å². The number of hydrogen-bond donors (Lipinski definition) is 2. The van der Waals surface area contributed by atoms with Crippen LogP contribution in [0.25, 0.3) is 21.7 Å². The molecule has 8 nitrogen and oxygen atoms in total. The minimum absolute atomic E-state index is 0.0389. The molecule has 0 fully saturated rings. The highest BCUT2D eigenvalue weighted by Gasteiger charge is 2.20. The molecule has 0 saturated heterocycles. The fraction of sp³-hybridized carbons (Fsp3) is 0.143. The lowest BCUT2D eigenvalue weighted by atomic mass is 9.98. The van der Waals surface area contributed by atoms with E-state index in [0.29, 0.717) is 22.4 Å². The summed E-state index contributed by atoms with van der Waals surface area (Å²) >= 11 is 0. The van der Waals surface area contributed by atoms with Crippen LogP contribution in [-0.2, 0) is 11.3 Å². The maximum absolute atomic E-state index is 12.0. The summed E-state index contributed by atoms with van der Waals surface area (Å²) in [5.41, 5.74) is 4.85. The summed E-state index contributed by atoms with van der Waals surface area (Å²) < 4.78 is 4.84. The lowest BCUT2D eigenvalue weighted by molar-refractivity contribution is 0.0601. The molecule has 0 unspecified atom stereocenters. The summed E-state index contributed by atoms with van der Waals surface area (Å²) in [7, 11) is 5.39. The third kappa shape index (κ3) is 4.54. The van der Waals surface area contributed by atoms with Gasteiger partial charge in [-0.15, -0.1) is 0 Å². The van der Waals surface area contributed by atoms with Crippen molar-refractivity contribution >= 4 is 39.0 Å². The second-order valence-electron chi connectivity index (χ2n) is 8.80. The van der Waals surface area contributed by atoms with Crippen LogP contribution in [0.15, 0.2) is 78.0 Å². The van der Waals surface area contributed by atoms with E-state index in [1.54, 1.807) is 30.6 Å². The highest BCUT2D eigenvalue weighted by Crippen LogP contribution is 2.33. The third-order valence-corrected chi connectivity index (χ3v) is 5.93. The third-order valence-electron chi connectivity index (χ3n) is 5.93. The van der Waals surface area contributed by atoms with Gasteiger partial charge in [0.05, 0.1) is 42.0 Å². The minimum atomic E-state index is -0.449. The zero-order valence-electron chi connectivity index (χ0n) is 20.2. The van der Waals surface area contributed by atoms with Crippen molar-refractivity contribution in [2.75, 3.05) is 21.2 Å². The lowest BCUT2D eigenvalue weighted by Crippen LogP contribution is -2.10. The first kappa shape index (κ1) is 23.2. The van der Waals surface area contributed by atoms with Crippen molar-refractivity contribution in [1.29, 1.82) is 0 Å². The number of aromatic nitrogens is 3. The summed E-state index contributed by atoms with van der Waals surface area (Å²) in [5.74, 6) is -0.488. The van der Waals surface area contributed by atoms with E-state index in [9.17, 15) is 9.90 Å². The molecule has 180 valence electrons. The number of benzene rings is 3. The second kappa shape index (κ2) is 9.59. The first-order valence-electron chi connectivity index (χ1n) is 11.4. The van der Waals surface area contributed by atoms with E-state index in [1.807, 2.05) is 56.6 Å².